The van der Waals surface area contributed by atoms with E-state index in [1.807, 2.05) is 23.1 Å². The molecular formula is C22H24FN3O. The highest BCUT2D eigenvalue weighted by Crippen LogP contribution is 2.28. The minimum absolute atomic E-state index is 0.0868. The fourth-order valence-corrected chi connectivity index (χ4v) is 4.14. The number of fused-ring (bicyclic) bond motifs is 4. The van der Waals surface area contributed by atoms with Crippen molar-refractivity contribution in [3.05, 3.63) is 71.8 Å². The number of halogens is 1. The molecule has 2 aromatic rings. The zero-order valence-corrected chi connectivity index (χ0v) is 15.3. The molecule has 2 bridgehead atoms. The van der Waals surface area contributed by atoms with Crippen molar-refractivity contribution in [1.29, 1.82) is 0 Å². The molecule has 1 aromatic carbocycles. The van der Waals surface area contributed by atoms with Gasteiger partial charge in [-0.05, 0) is 48.6 Å². The van der Waals surface area contributed by atoms with Gasteiger partial charge in [0.15, 0.2) is 0 Å². The topological polar surface area (TPSA) is 36.4 Å². The molecule has 27 heavy (non-hydrogen) atoms. The molecule has 0 aliphatic carbocycles. The molecule has 5 heteroatoms. The summed E-state index contributed by atoms with van der Waals surface area (Å²) in [7, 11) is 0. The zero-order chi connectivity index (χ0) is 18.6. The Balaban J connectivity index is 1.41. The van der Waals surface area contributed by atoms with Crippen molar-refractivity contribution >= 4 is 12.0 Å². The van der Waals surface area contributed by atoms with Crippen molar-refractivity contribution in [3.8, 4) is 0 Å². The molecule has 3 fully saturated rings. The lowest BCUT2D eigenvalue weighted by molar-refractivity contribution is 0.0740. The van der Waals surface area contributed by atoms with Gasteiger partial charge < -0.3 is 4.90 Å². The van der Waals surface area contributed by atoms with Gasteiger partial charge in [-0.1, -0.05) is 24.3 Å². The van der Waals surface area contributed by atoms with Crippen LogP contribution in [0.15, 0.2) is 54.9 Å². The molecule has 0 N–H and O–H groups in total. The number of carbonyl (C=O) groups excluding carboxylic acids is 1. The Morgan fingerprint density at radius 3 is 2.78 bits per heavy atom. The van der Waals surface area contributed by atoms with E-state index in [1.54, 1.807) is 24.5 Å². The van der Waals surface area contributed by atoms with Crippen molar-refractivity contribution in [2.75, 3.05) is 26.2 Å². The molecule has 3 aliphatic heterocycles. The summed E-state index contributed by atoms with van der Waals surface area (Å²) in [5.74, 6) is 0.391. The summed E-state index contributed by atoms with van der Waals surface area (Å²) in [4.78, 5) is 21.4. The average Bonchev–Trinajstić information content (AvgIpc) is 3.01. The second-order valence-corrected chi connectivity index (χ2v) is 7.46. The Morgan fingerprint density at radius 2 is 2.00 bits per heavy atom. The van der Waals surface area contributed by atoms with Gasteiger partial charge in [0, 0.05) is 44.6 Å². The lowest BCUT2D eigenvalue weighted by atomic mass is 9.95. The Morgan fingerprint density at radius 1 is 1.15 bits per heavy atom. The predicted octanol–water partition coefficient (Wildman–Crippen LogP) is 3.47. The van der Waals surface area contributed by atoms with Gasteiger partial charge in [0.25, 0.3) is 5.91 Å². The largest absolute Gasteiger partial charge is 0.337 e. The molecule has 0 radical (unpaired) electrons. The number of aromatic nitrogens is 1. The number of piperidine rings is 1. The van der Waals surface area contributed by atoms with Crippen LogP contribution in [-0.4, -0.2) is 52.9 Å². The van der Waals surface area contributed by atoms with E-state index in [0.29, 0.717) is 17.5 Å². The van der Waals surface area contributed by atoms with Gasteiger partial charge in [-0.15, -0.1) is 0 Å². The van der Waals surface area contributed by atoms with Crippen molar-refractivity contribution < 1.29 is 9.18 Å². The molecule has 0 saturated carbocycles. The fraction of sp³-hybridized carbons (Fsp3) is 0.364. The standard InChI is InChI=1S/C22H24FN3O/c23-20-8-5-17(6-9-20)3-2-12-25-14-18-7-10-21(25)16-26(15-18)22(27)19-4-1-11-24-13-19/h1-6,8-9,11,13,18,21H,7,10,12,14-16H2/b3-2+/t18-,21-/m1/s1. The quantitative estimate of drug-likeness (QED) is 0.832. The molecule has 5 rings (SSSR count). The number of hydrogen-bond donors (Lipinski definition) is 0. The summed E-state index contributed by atoms with van der Waals surface area (Å²) in [5.41, 5.74) is 1.67. The van der Waals surface area contributed by atoms with E-state index in [1.165, 1.54) is 18.6 Å². The third-order valence-electron chi connectivity index (χ3n) is 5.54. The molecule has 3 aliphatic rings. The lowest BCUT2D eigenvalue weighted by Gasteiger charge is -2.35. The van der Waals surface area contributed by atoms with Crippen molar-refractivity contribution in [2.24, 2.45) is 5.92 Å². The van der Waals surface area contributed by atoms with E-state index in [9.17, 15) is 9.18 Å². The third-order valence-corrected chi connectivity index (χ3v) is 5.54. The first-order chi connectivity index (χ1) is 13.2. The minimum Gasteiger partial charge on any atom is -0.337 e. The number of carbonyl (C=O) groups is 1. The monoisotopic (exact) mass is 365 g/mol. The highest BCUT2D eigenvalue weighted by Gasteiger charge is 2.36. The van der Waals surface area contributed by atoms with Gasteiger partial charge in [0.2, 0.25) is 0 Å². The minimum atomic E-state index is -0.213. The molecule has 1 aromatic heterocycles. The molecular weight excluding hydrogens is 341 g/mol. The average molecular weight is 365 g/mol. The van der Waals surface area contributed by atoms with E-state index in [2.05, 4.69) is 16.0 Å². The number of amides is 1. The van der Waals surface area contributed by atoms with E-state index in [0.717, 1.165) is 38.2 Å². The van der Waals surface area contributed by atoms with Crippen LogP contribution in [0.25, 0.3) is 6.08 Å². The molecule has 3 saturated heterocycles. The Kier molecular flexibility index (Phi) is 5.30. The summed E-state index contributed by atoms with van der Waals surface area (Å²) < 4.78 is 13.0. The normalized spacial score (nSPS) is 22.9. The third kappa shape index (κ3) is 4.25. The number of hydrogen-bond acceptors (Lipinski definition) is 3. The van der Waals surface area contributed by atoms with Crippen molar-refractivity contribution in [2.45, 2.75) is 18.9 Å². The first-order valence-electron chi connectivity index (χ1n) is 9.54. The SMILES string of the molecule is O=C(c1cccnc1)N1C[C@@H]2CC[C@H](C1)N(C/C=C/c1ccc(F)cc1)C2. The molecule has 140 valence electrons. The maximum absolute atomic E-state index is 13.0. The maximum atomic E-state index is 13.0. The van der Waals surface area contributed by atoms with Gasteiger partial charge in [-0.25, -0.2) is 4.39 Å². The van der Waals surface area contributed by atoms with Gasteiger partial charge in [-0.2, -0.15) is 0 Å². The summed E-state index contributed by atoms with van der Waals surface area (Å²) in [5, 5.41) is 0. The van der Waals surface area contributed by atoms with Crippen molar-refractivity contribution in [3.63, 3.8) is 0 Å². The Labute approximate surface area is 159 Å². The van der Waals surface area contributed by atoms with Crippen LogP contribution in [0.3, 0.4) is 0 Å². The van der Waals surface area contributed by atoms with Crippen LogP contribution in [0.2, 0.25) is 0 Å². The van der Waals surface area contributed by atoms with Crippen LogP contribution < -0.4 is 0 Å². The van der Waals surface area contributed by atoms with E-state index in [4.69, 9.17) is 0 Å². The van der Waals surface area contributed by atoms with Gasteiger partial charge in [0.05, 0.1) is 5.56 Å². The molecule has 0 unspecified atom stereocenters. The van der Waals surface area contributed by atoms with Gasteiger partial charge >= 0.3 is 0 Å². The molecule has 4 heterocycles. The summed E-state index contributed by atoms with van der Waals surface area (Å²) in [6.07, 6.45) is 9.83. The fourth-order valence-electron chi connectivity index (χ4n) is 4.14. The summed E-state index contributed by atoms with van der Waals surface area (Å²) in [6, 6.07) is 10.6. The first kappa shape index (κ1) is 17.9. The van der Waals surface area contributed by atoms with Gasteiger partial charge in [-0.3, -0.25) is 14.7 Å². The Hall–Kier alpha value is -2.53. The highest BCUT2D eigenvalue weighted by atomic mass is 19.1. The molecule has 4 nitrogen and oxygen atoms in total. The maximum Gasteiger partial charge on any atom is 0.255 e. The highest BCUT2D eigenvalue weighted by molar-refractivity contribution is 5.94. The summed E-state index contributed by atoms with van der Waals surface area (Å²) >= 11 is 0. The summed E-state index contributed by atoms with van der Waals surface area (Å²) in [6.45, 7) is 3.47. The van der Waals surface area contributed by atoms with Crippen LogP contribution in [-0.2, 0) is 0 Å². The van der Waals surface area contributed by atoms with Crippen LogP contribution in [0.4, 0.5) is 4.39 Å². The second-order valence-electron chi connectivity index (χ2n) is 7.46. The number of rotatable bonds is 4. The van der Waals surface area contributed by atoms with Crippen LogP contribution in [0.1, 0.15) is 28.8 Å². The van der Waals surface area contributed by atoms with Crippen LogP contribution in [0.5, 0.6) is 0 Å². The number of pyridine rings is 1. The van der Waals surface area contributed by atoms with Crippen molar-refractivity contribution in [1.82, 2.24) is 14.8 Å². The van der Waals surface area contributed by atoms with Crippen LogP contribution in [0, 0.1) is 11.7 Å². The predicted molar refractivity (Wildman–Crippen MR) is 104 cm³/mol. The Bertz CT molecular complexity index is 806. The van der Waals surface area contributed by atoms with Gasteiger partial charge in [0.1, 0.15) is 5.82 Å². The smallest absolute Gasteiger partial charge is 0.255 e. The lowest BCUT2D eigenvalue weighted by Crippen LogP contribution is -2.44. The number of nitrogens with zero attached hydrogens (tertiary/aromatic N) is 3. The molecule has 2 atom stereocenters. The van der Waals surface area contributed by atoms with E-state index in [-0.39, 0.29) is 11.7 Å². The molecule has 1 amide bonds. The van der Waals surface area contributed by atoms with E-state index < -0.39 is 0 Å². The second kappa shape index (κ2) is 8.01. The van der Waals surface area contributed by atoms with E-state index >= 15 is 0 Å². The molecule has 0 spiro atoms. The zero-order valence-electron chi connectivity index (χ0n) is 15.3. The van der Waals surface area contributed by atoms with Crippen LogP contribution >= 0.6 is 0 Å². The first-order valence-corrected chi connectivity index (χ1v) is 9.54. The number of benzene rings is 1.